The van der Waals surface area contributed by atoms with Gasteiger partial charge in [0.05, 0.1) is 25.1 Å². The summed E-state index contributed by atoms with van der Waals surface area (Å²) in [5, 5.41) is 63.4. The summed E-state index contributed by atoms with van der Waals surface area (Å²) in [6.07, 6.45) is -1.19. The van der Waals surface area contributed by atoms with E-state index < -0.39 is 139 Å². The fourth-order valence-electron chi connectivity index (χ4n) is 8.76. The van der Waals surface area contributed by atoms with Crippen LogP contribution < -0.4 is 70.8 Å². The van der Waals surface area contributed by atoms with Crippen molar-refractivity contribution in [2.45, 2.75) is 139 Å². The molecule has 1 aromatic heterocycles. The largest absolute Gasteiger partial charge is 0.508 e. The molecule has 1 heterocycles. The molecule has 9 amide bonds. The standard InChI is InChI=1S/C57H79N15O15/c1-30(59)48(78)64-29-45(75)66-43(26-35-28-63-38-15-8-7-14-37(35)38)52(82)67-39(16-9-10-22-58)50(80)71-44(27-46(76)77)53(83)70-42(24-33-12-5-4-6-13-33)54(84)72-47(32(3)73)55(85)65-31(2)49(79)69-41(25-34-18-20-36(74)21-19-34)51(81)68-40(56(86)87)17-11-23-62-57(60)61/h4-8,12-15,18-21,28,30-32,39-44,47,63,73-74H,9-11,16-17,22-27,29,58-59H2,1-3H3,(H,64,78)(H,65,85)(H,66,75)(H,67,82)(H,68,81)(H,69,79)(H,70,83)(H,71,80)(H,72,84)(H,76,77)(H,86,87)(H4,60,61,62)/t30-,31-,32+,39-,40-,41-,42-,43-,44-,47-/m0/s1. The van der Waals surface area contributed by atoms with Gasteiger partial charge in [-0.2, -0.15) is 0 Å². The van der Waals surface area contributed by atoms with E-state index in [9.17, 15) is 73.2 Å². The van der Waals surface area contributed by atoms with Crippen LogP contribution in [0.2, 0.25) is 0 Å². The molecule has 0 saturated carbocycles. The van der Waals surface area contributed by atoms with Crippen LogP contribution in [0.3, 0.4) is 0 Å². The molecule has 0 unspecified atom stereocenters. The number of benzene rings is 3. The molecule has 0 spiro atoms. The normalized spacial score (nSPS) is 14.5. The molecule has 30 nitrogen and oxygen atoms in total. The molecule has 4 aromatic rings. The van der Waals surface area contributed by atoms with Crippen molar-refractivity contribution in [1.82, 2.24) is 52.8 Å². The summed E-state index contributed by atoms with van der Waals surface area (Å²) in [6.45, 7) is 3.44. The van der Waals surface area contributed by atoms with Crippen molar-refractivity contribution in [2.24, 2.45) is 27.9 Å². The number of aromatic amines is 1. The lowest BCUT2D eigenvalue weighted by Crippen LogP contribution is -2.62. The summed E-state index contributed by atoms with van der Waals surface area (Å²) in [4.78, 5) is 155. The number of carbonyl (C=O) groups excluding carboxylic acids is 9. The fraction of sp³-hybridized carbons (Fsp3) is 0.439. The van der Waals surface area contributed by atoms with Crippen molar-refractivity contribution >= 4 is 82.0 Å². The number of carbonyl (C=O) groups is 11. The molecule has 0 aliphatic heterocycles. The monoisotopic (exact) mass is 1210 g/mol. The lowest BCUT2D eigenvalue weighted by molar-refractivity contribution is -0.142. The third-order valence-electron chi connectivity index (χ3n) is 13.5. The van der Waals surface area contributed by atoms with Gasteiger partial charge in [-0.1, -0.05) is 60.7 Å². The quantitative estimate of drug-likeness (QED) is 0.0119. The molecule has 0 fully saturated rings. The summed E-state index contributed by atoms with van der Waals surface area (Å²) in [5.41, 5.74) is 24.3. The number of phenolic OH excluding ortho intramolecular Hbond substituents is 1. The second-order valence-corrected chi connectivity index (χ2v) is 20.7. The predicted octanol–water partition coefficient (Wildman–Crippen LogP) is -3.61. The number of nitrogens with zero attached hydrogens (tertiary/aromatic N) is 1. The third kappa shape index (κ3) is 23.7. The summed E-state index contributed by atoms with van der Waals surface area (Å²) in [6, 6.07) is 7.15. The van der Waals surface area contributed by atoms with Gasteiger partial charge in [0.1, 0.15) is 54.1 Å². The van der Waals surface area contributed by atoms with Crippen LogP contribution in [-0.4, -0.2) is 177 Å². The Bertz CT molecular complexity index is 3050. The van der Waals surface area contributed by atoms with Crippen LogP contribution in [0.4, 0.5) is 0 Å². The van der Waals surface area contributed by atoms with Gasteiger partial charge in [0.2, 0.25) is 53.2 Å². The number of amides is 9. The average Bonchev–Trinajstić information content (AvgIpc) is 2.35. The van der Waals surface area contributed by atoms with Crippen molar-refractivity contribution in [3.8, 4) is 5.75 Å². The van der Waals surface area contributed by atoms with E-state index in [0.29, 0.717) is 23.1 Å². The lowest BCUT2D eigenvalue weighted by atomic mass is 10.0. The Kier molecular flexibility index (Phi) is 28.0. The Morgan fingerprint density at radius 1 is 0.563 bits per heavy atom. The van der Waals surface area contributed by atoms with E-state index in [0.717, 1.165) is 17.8 Å². The number of carboxylic acids is 2. The SMILES string of the molecule is C[C@H](N)C(=O)NCC(=O)N[C@@H](Cc1c[nH]c2ccccc12)C(=O)N[C@@H](CCCCN)C(=O)N[C@@H](CC(=O)O)C(=O)N[C@@H](Cc1ccccc1)C(=O)N[C@H](C(=O)N[C@@H](C)C(=O)N[C@@H](Cc1ccc(O)cc1)C(=O)N[C@@H](CCCN=C(N)N)C(=O)O)[C@@H](C)O. The molecule has 0 bridgehead atoms. The Morgan fingerprint density at radius 2 is 1.09 bits per heavy atom. The second-order valence-electron chi connectivity index (χ2n) is 20.7. The number of nitrogens with one attached hydrogen (secondary N) is 10. The van der Waals surface area contributed by atoms with Crippen molar-refractivity contribution < 1.29 is 73.2 Å². The van der Waals surface area contributed by atoms with E-state index in [1.165, 1.54) is 38.1 Å². The number of rotatable bonds is 36. The molecule has 0 aliphatic rings. The van der Waals surface area contributed by atoms with E-state index in [1.807, 2.05) is 0 Å². The Labute approximate surface area is 500 Å². The van der Waals surface area contributed by atoms with Gasteiger partial charge in [-0.3, -0.25) is 52.9 Å². The number of phenols is 1. The van der Waals surface area contributed by atoms with E-state index in [4.69, 9.17) is 22.9 Å². The number of hydrogen-bond donors (Lipinski definition) is 18. The summed E-state index contributed by atoms with van der Waals surface area (Å²) >= 11 is 0. The highest BCUT2D eigenvalue weighted by atomic mass is 16.4. The minimum atomic E-state index is -1.92. The van der Waals surface area contributed by atoms with Crippen LogP contribution in [0.1, 0.15) is 76.0 Å². The van der Waals surface area contributed by atoms with E-state index in [1.54, 1.807) is 60.8 Å². The maximum absolute atomic E-state index is 14.3. The molecular weight excluding hydrogens is 1130 g/mol. The molecule has 22 N–H and O–H groups in total. The number of guanidine groups is 1. The van der Waals surface area contributed by atoms with Gasteiger partial charge >= 0.3 is 11.9 Å². The Balaban J connectivity index is 1.56. The molecule has 3 aromatic carbocycles. The van der Waals surface area contributed by atoms with Gasteiger partial charge in [0, 0.05) is 42.9 Å². The van der Waals surface area contributed by atoms with Gasteiger partial charge in [-0.25, -0.2) is 4.79 Å². The molecule has 0 saturated heterocycles. The number of aromatic hydroxyl groups is 1. The minimum Gasteiger partial charge on any atom is -0.508 e. The van der Waals surface area contributed by atoms with Gasteiger partial charge in [-0.05, 0) is 94.3 Å². The maximum atomic E-state index is 14.3. The number of aliphatic hydroxyl groups is 1. The predicted molar refractivity (Wildman–Crippen MR) is 316 cm³/mol. The lowest BCUT2D eigenvalue weighted by Gasteiger charge is -2.28. The molecular formula is C57H79N15O15. The second kappa shape index (κ2) is 34.9. The fourth-order valence-corrected chi connectivity index (χ4v) is 8.76. The van der Waals surface area contributed by atoms with Crippen LogP contribution >= 0.6 is 0 Å². The number of nitrogens with two attached hydrogens (primary N) is 4. The van der Waals surface area contributed by atoms with E-state index >= 15 is 0 Å². The van der Waals surface area contributed by atoms with Crippen molar-refractivity contribution in [1.29, 1.82) is 0 Å². The molecule has 472 valence electrons. The number of fused-ring (bicyclic) bond motifs is 1. The number of unbranched alkanes of at least 4 members (excludes halogenated alkanes) is 1. The van der Waals surface area contributed by atoms with Gasteiger partial charge in [-0.15, -0.1) is 0 Å². The molecule has 87 heavy (non-hydrogen) atoms. The first kappa shape index (κ1) is 69.8. The first-order chi connectivity index (χ1) is 41.3. The minimum absolute atomic E-state index is 0.0562. The van der Waals surface area contributed by atoms with Gasteiger partial charge in [0.25, 0.3) is 0 Å². The highest BCUT2D eigenvalue weighted by molar-refractivity contribution is 5.99. The number of aliphatic hydroxyl groups excluding tert-OH is 1. The summed E-state index contributed by atoms with van der Waals surface area (Å²) in [7, 11) is 0. The zero-order valence-corrected chi connectivity index (χ0v) is 48.4. The number of carboxylic acid groups (broad SMARTS) is 2. The number of aliphatic carboxylic acids is 2. The molecule has 0 aliphatic carbocycles. The average molecular weight is 1210 g/mol. The van der Waals surface area contributed by atoms with Crippen LogP contribution in [-0.2, 0) is 72.0 Å². The van der Waals surface area contributed by atoms with E-state index in [2.05, 4.69) is 57.8 Å². The van der Waals surface area contributed by atoms with Crippen molar-refractivity contribution in [3.63, 3.8) is 0 Å². The number of hydrogen-bond acceptors (Lipinski definition) is 16. The number of aromatic nitrogens is 1. The highest BCUT2D eigenvalue weighted by Gasteiger charge is 2.36. The summed E-state index contributed by atoms with van der Waals surface area (Å²) in [5.74, 6) is -12.0. The van der Waals surface area contributed by atoms with Crippen LogP contribution in [0.15, 0.2) is 90.1 Å². The van der Waals surface area contributed by atoms with Crippen molar-refractivity contribution in [3.05, 3.63) is 102 Å². The van der Waals surface area contributed by atoms with Crippen LogP contribution in [0.5, 0.6) is 5.75 Å². The smallest absolute Gasteiger partial charge is 0.326 e. The van der Waals surface area contributed by atoms with Crippen LogP contribution in [0, 0.1) is 0 Å². The Hall–Kier alpha value is -9.68. The molecule has 10 atom stereocenters. The first-order valence-electron chi connectivity index (χ1n) is 28.0. The molecule has 30 heteroatoms. The van der Waals surface area contributed by atoms with Gasteiger partial charge in [0.15, 0.2) is 5.96 Å². The van der Waals surface area contributed by atoms with Crippen molar-refractivity contribution in [2.75, 3.05) is 19.6 Å². The zero-order valence-electron chi connectivity index (χ0n) is 48.4. The van der Waals surface area contributed by atoms with Gasteiger partial charge < -0.3 is 96.2 Å². The zero-order chi connectivity index (χ0) is 64.3. The molecule has 4 rings (SSSR count). The van der Waals surface area contributed by atoms with E-state index in [-0.39, 0.29) is 69.7 Å². The van der Waals surface area contributed by atoms with Crippen LogP contribution in [0.25, 0.3) is 10.9 Å². The third-order valence-corrected chi connectivity index (χ3v) is 13.5. The highest BCUT2D eigenvalue weighted by Crippen LogP contribution is 2.20. The number of para-hydroxylation sites is 1. The maximum Gasteiger partial charge on any atom is 0.326 e. The number of aliphatic imine (C=N–C) groups is 1. The number of H-pyrrole nitrogens is 1. The topological polar surface area (TPSA) is 509 Å². The Morgan fingerprint density at radius 3 is 1.69 bits per heavy atom. The first-order valence-corrected chi connectivity index (χ1v) is 28.0. The molecule has 0 radical (unpaired) electrons. The summed E-state index contributed by atoms with van der Waals surface area (Å²) < 4.78 is 0.